The summed E-state index contributed by atoms with van der Waals surface area (Å²) in [6.45, 7) is 5.27. The molecule has 0 bridgehead atoms. The molecule has 0 amide bonds. The SMILES string of the molecule is CC1CCN(Cc2ccccc2F)CC1. The Morgan fingerprint density at radius 3 is 2.60 bits per heavy atom. The van der Waals surface area contributed by atoms with Crippen LogP contribution in [0.3, 0.4) is 0 Å². The summed E-state index contributed by atoms with van der Waals surface area (Å²) in [7, 11) is 0. The fourth-order valence-electron chi connectivity index (χ4n) is 2.09. The second-order valence-electron chi connectivity index (χ2n) is 4.55. The largest absolute Gasteiger partial charge is 0.299 e. The Kier molecular flexibility index (Phi) is 3.37. The first-order chi connectivity index (χ1) is 7.25. The van der Waals surface area contributed by atoms with Gasteiger partial charge in [-0.05, 0) is 37.9 Å². The van der Waals surface area contributed by atoms with Crippen LogP contribution in [0, 0.1) is 11.7 Å². The molecule has 0 aromatic heterocycles. The maximum absolute atomic E-state index is 13.4. The Bertz CT molecular complexity index is 316. The quantitative estimate of drug-likeness (QED) is 0.720. The van der Waals surface area contributed by atoms with Crippen LogP contribution in [-0.2, 0) is 6.54 Å². The third-order valence-electron chi connectivity index (χ3n) is 3.23. The summed E-state index contributed by atoms with van der Waals surface area (Å²) in [4.78, 5) is 2.35. The average molecular weight is 207 g/mol. The number of hydrogen-bond acceptors (Lipinski definition) is 1. The summed E-state index contributed by atoms with van der Waals surface area (Å²) >= 11 is 0. The Labute approximate surface area is 90.9 Å². The predicted octanol–water partition coefficient (Wildman–Crippen LogP) is 3.06. The molecule has 2 rings (SSSR count). The molecule has 0 radical (unpaired) electrons. The standard InChI is InChI=1S/C13H18FN/c1-11-6-8-15(9-7-11)10-12-4-2-3-5-13(12)14/h2-5,11H,6-10H2,1H3. The van der Waals surface area contributed by atoms with Crippen LogP contribution >= 0.6 is 0 Å². The Morgan fingerprint density at radius 2 is 1.93 bits per heavy atom. The zero-order valence-electron chi connectivity index (χ0n) is 9.25. The topological polar surface area (TPSA) is 3.24 Å². The second kappa shape index (κ2) is 4.75. The molecule has 0 saturated carbocycles. The van der Waals surface area contributed by atoms with E-state index in [1.807, 2.05) is 12.1 Å². The van der Waals surface area contributed by atoms with Crippen molar-refractivity contribution in [1.82, 2.24) is 4.90 Å². The van der Waals surface area contributed by atoms with Gasteiger partial charge in [-0.3, -0.25) is 4.90 Å². The molecule has 0 N–H and O–H groups in total. The predicted molar refractivity (Wildman–Crippen MR) is 60.1 cm³/mol. The van der Waals surface area contributed by atoms with Crippen LogP contribution in [0.1, 0.15) is 25.3 Å². The first kappa shape index (κ1) is 10.6. The summed E-state index contributed by atoms with van der Waals surface area (Å²) in [6.07, 6.45) is 2.49. The van der Waals surface area contributed by atoms with Gasteiger partial charge in [-0.25, -0.2) is 4.39 Å². The monoisotopic (exact) mass is 207 g/mol. The van der Waals surface area contributed by atoms with Gasteiger partial charge in [0.1, 0.15) is 5.82 Å². The van der Waals surface area contributed by atoms with Crippen molar-refractivity contribution in [2.45, 2.75) is 26.3 Å². The number of piperidine rings is 1. The smallest absolute Gasteiger partial charge is 0.127 e. The van der Waals surface area contributed by atoms with Crippen LogP contribution < -0.4 is 0 Å². The molecule has 15 heavy (non-hydrogen) atoms. The van der Waals surface area contributed by atoms with Crippen LogP contribution in [0.25, 0.3) is 0 Å². The molecule has 1 aliphatic heterocycles. The van der Waals surface area contributed by atoms with Crippen LogP contribution in [0.5, 0.6) is 0 Å². The number of rotatable bonds is 2. The minimum atomic E-state index is -0.0730. The number of likely N-dealkylation sites (tertiary alicyclic amines) is 1. The van der Waals surface area contributed by atoms with E-state index >= 15 is 0 Å². The van der Waals surface area contributed by atoms with Gasteiger partial charge < -0.3 is 0 Å². The lowest BCUT2D eigenvalue weighted by atomic mass is 9.99. The van der Waals surface area contributed by atoms with Crippen molar-refractivity contribution in [3.63, 3.8) is 0 Å². The molecule has 1 heterocycles. The number of halogens is 1. The van der Waals surface area contributed by atoms with Crippen molar-refractivity contribution in [2.75, 3.05) is 13.1 Å². The zero-order valence-corrected chi connectivity index (χ0v) is 9.25. The molecule has 1 aromatic rings. The van der Waals surface area contributed by atoms with Gasteiger partial charge >= 0.3 is 0 Å². The Morgan fingerprint density at radius 1 is 1.27 bits per heavy atom. The van der Waals surface area contributed by atoms with Gasteiger partial charge in [0.25, 0.3) is 0 Å². The van der Waals surface area contributed by atoms with Crippen molar-refractivity contribution >= 4 is 0 Å². The van der Waals surface area contributed by atoms with Gasteiger partial charge in [0, 0.05) is 12.1 Å². The van der Waals surface area contributed by atoms with Gasteiger partial charge in [-0.2, -0.15) is 0 Å². The summed E-state index contributed by atoms with van der Waals surface area (Å²) in [5.41, 5.74) is 0.826. The number of hydrogen-bond donors (Lipinski definition) is 0. The Balaban J connectivity index is 1.95. The highest BCUT2D eigenvalue weighted by Crippen LogP contribution is 2.18. The molecular formula is C13H18FN. The third kappa shape index (κ3) is 2.78. The highest BCUT2D eigenvalue weighted by Gasteiger charge is 2.16. The first-order valence-corrected chi connectivity index (χ1v) is 5.71. The second-order valence-corrected chi connectivity index (χ2v) is 4.55. The molecular weight excluding hydrogens is 189 g/mol. The van der Waals surface area contributed by atoms with Crippen molar-refractivity contribution in [3.8, 4) is 0 Å². The highest BCUT2D eigenvalue weighted by molar-refractivity contribution is 5.17. The maximum Gasteiger partial charge on any atom is 0.127 e. The van der Waals surface area contributed by atoms with Gasteiger partial charge in [-0.15, -0.1) is 0 Å². The van der Waals surface area contributed by atoms with E-state index in [1.165, 1.54) is 12.8 Å². The van der Waals surface area contributed by atoms with Crippen molar-refractivity contribution < 1.29 is 4.39 Å². The highest BCUT2D eigenvalue weighted by atomic mass is 19.1. The van der Waals surface area contributed by atoms with E-state index in [1.54, 1.807) is 12.1 Å². The number of nitrogens with zero attached hydrogens (tertiary/aromatic N) is 1. The van der Waals surface area contributed by atoms with E-state index in [0.717, 1.165) is 31.1 Å². The van der Waals surface area contributed by atoms with Crippen LogP contribution in [-0.4, -0.2) is 18.0 Å². The lowest BCUT2D eigenvalue weighted by Crippen LogP contribution is -2.32. The normalized spacial score (nSPS) is 19.3. The van der Waals surface area contributed by atoms with Crippen molar-refractivity contribution in [3.05, 3.63) is 35.6 Å². The first-order valence-electron chi connectivity index (χ1n) is 5.71. The summed E-state index contributed by atoms with van der Waals surface area (Å²) < 4.78 is 13.4. The van der Waals surface area contributed by atoms with E-state index in [4.69, 9.17) is 0 Å². The molecule has 1 aliphatic rings. The molecule has 1 saturated heterocycles. The van der Waals surface area contributed by atoms with Crippen molar-refractivity contribution in [2.24, 2.45) is 5.92 Å². The molecule has 2 heteroatoms. The number of benzene rings is 1. The fourth-order valence-corrected chi connectivity index (χ4v) is 2.09. The minimum Gasteiger partial charge on any atom is -0.299 e. The molecule has 1 fully saturated rings. The lowest BCUT2D eigenvalue weighted by molar-refractivity contribution is 0.183. The maximum atomic E-state index is 13.4. The summed E-state index contributed by atoms with van der Waals surface area (Å²) in [5.74, 6) is 0.762. The fraction of sp³-hybridized carbons (Fsp3) is 0.538. The molecule has 0 atom stereocenters. The summed E-state index contributed by atoms with van der Waals surface area (Å²) in [6, 6.07) is 7.08. The molecule has 1 nitrogen and oxygen atoms in total. The van der Waals surface area contributed by atoms with Gasteiger partial charge in [0.2, 0.25) is 0 Å². The van der Waals surface area contributed by atoms with E-state index in [2.05, 4.69) is 11.8 Å². The van der Waals surface area contributed by atoms with E-state index in [9.17, 15) is 4.39 Å². The van der Waals surface area contributed by atoms with Gasteiger partial charge in [0.15, 0.2) is 0 Å². The zero-order chi connectivity index (χ0) is 10.7. The third-order valence-corrected chi connectivity index (χ3v) is 3.23. The Hall–Kier alpha value is -0.890. The van der Waals surface area contributed by atoms with Crippen LogP contribution in [0.2, 0.25) is 0 Å². The molecule has 82 valence electrons. The van der Waals surface area contributed by atoms with Gasteiger partial charge in [-0.1, -0.05) is 25.1 Å². The summed E-state index contributed by atoms with van der Waals surface area (Å²) in [5, 5.41) is 0. The van der Waals surface area contributed by atoms with Crippen molar-refractivity contribution in [1.29, 1.82) is 0 Å². The molecule has 0 spiro atoms. The molecule has 1 aromatic carbocycles. The van der Waals surface area contributed by atoms with Crippen LogP contribution in [0.4, 0.5) is 4.39 Å². The lowest BCUT2D eigenvalue weighted by Gasteiger charge is -2.30. The van der Waals surface area contributed by atoms with Gasteiger partial charge in [0.05, 0.1) is 0 Å². The van der Waals surface area contributed by atoms with E-state index in [-0.39, 0.29) is 5.82 Å². The average Bonchev–Trinajstić information content (AvgIpc) is 2.25. The van der Waals surface area contributed by atoms with E-state index in [0.29, 0.717) is 0 Å². The minimum absolute atomic E-state index is 0.0730. The van der Waals surface area contributed by atoms with Crippen LogP contribution in [0.15, 0.2) is 24.3 Å². The molecule has 0 aliphatic carbocycles. The van der Waals surface area contributed by atoms with E-state index < -0.39 is 0 Å². The molecule has 0 unspecified atom stereocenters.